The second kappa shape index (κ2) is 4.77. The number of halogens is 4. The van der Waals surface area contributed by atoms with Gasteiger partial charge in [0.05, 0.1) is 11.3 Å². The largest absolute Gasteiger partial charge is 0.501 e. The van der Waals surface area contributed by atoms with Gasteiger partial charge in [-0.25, -0.2) is 8.42 Å². The van der Waals surface area contributed by atoms with E-state index in [9.17, 15) is 26.4 Å². The summed E-state index contributed by atoms with van der Waals surface area (Å²) in [6.07, 6.45) is -0.509. The molecule has 100 valence electrons. The van der Waals surface area contributed by atoms with E-state index < -0.39 is 32.6 Å². The number of rotatable bonds is 3. The zero-order valence-electron chi connectivity index (χ0n) is 8.53. The third-order valence-electron chi connectivity index (χ3n) is 1.98. The van der Waals surface area contributed by atoms with E-state index in [2.05, 4.69) is 0 Å². The molecule has 1 rings (SSSR count). The number of hydrogen-bond acceptors (Lipinski definition) is 3. The lowest BCUT2D eigenvalue weighted by Gasteiger charge is -2.09. The Morgan fingerprint density at radius 2 is 1.89 bits per heavy atom. The first-order chi connectivity index (χ1) is 8.05. The van der Waals surface area contributed by atoms with E-state index in [1.165, 1.54) is 0 Å². The number of hydrogen-bond donors (Lipinski definition) is 1. The summed E-state index contributed by atoms with van der Waals surface area (Å²) in [4.78, 5) is 9.39. The minimum Gasteiger partial charge on any atom is -0.481 e. The molecule has 0 aliphatic carbocycles. The van der Waals surface area contributed by atoms with Crippen molar-refractivity contribution in [2.75, 3.05) is 0 Å². The maximum absolute atomic E-state index is 12.2. The van der Waals surface area contributed by atoms with Crippen LogP contribution in [0.1, 0.15) is 5.56 Å². The first kappa shape index (κ1) is 14.8. The van der Waals surface area contributed by atoms with Gasteiger partial charge in [-0.15, -0.1) is 0 Å². The molecule has 9 heteroatoms. The summed E-state index contributed by atoms with van der Waals surface area (Å²) in [6, 6.07) is 2.20. The van der Waals surface area contributed by atoms with Crippen LogP contribution in [0.4, 0.5) is 13.2 Å². The maximum Gasteiger partial charge on any atom is 0.501 e. The second-order valence-corrected chi connectivity index (χ2v) is 5.62. The Morgan fingerprint density at radius 1 is 1.33 bits per heavy atom. The summed E-state index contributed by atoms with van der Waals surface area (Å²) in [6.45, 7) is 0. The van der Waals surface area contributed by atoms with Crippen molar-refractivity contribution in [2.24, 2.45) is 0 Å². The number of aliphatic carboxylic acids is 1. The van der Waals surface area contributed by atoms with Gasteiger partial charge < -0.3 is 5.11 Å². The van der Waals surface area contributed by atoms with Gasteiger partial charge in [0.15, 0.2) is 0 Å². The van der Waals surface area contributed by atoms with Crippen LogP contribution in [0.15, 0.2) is 23.1 Å². The summed E-state index contributed by atoms with van der Waals surface area (Å²) in [7, 11) is -5.48. The summed E-state index contributed by atoms with van der Waals surface area (Å²) in [5, 5.41) is 8.15. The zero-order chi connectivity index (χ0) is 14.1. The van der Waals surface area contributed by atoms with Crippen molar-refractivity contribution in [3.8, 4) is 0 Å². The monoisotopic (exact) mass is 302 g/mol. The lowest BCUT2D eigenvalue weighted by molar-refractivity contribution is -0.136. The Balaban J connectivity index is 3.25. The van der Waals surface area contributed by atoms with E-state index in [4.69, 9.17) is 16.7 Å². The minimum atomic E-state index is -5.48. The molecule has 0 aromatic heterocycles. The fourth-order valence-corrected chi connectivity index (χ4v) is 2.23. The first-order valence-electron chi connectivity index (χ1n) is 4.37. The molecule has 18 heavy (non-hydrogen) atoms. The molecule has 0 unspecified atom stereocenters. The van der Waals surface area contributed by atoms with Gasteiger partial charge in [0, 0.05) is 5.02 Å². The van der Waals surface area contributed by atoms with Crippen molar-refractivity contribution in [3.05, 3.63) is 28.8 Å². The fourth-order valence-electron chi connectivity index (χ4n) is 1.14. The van der Waals surface area contributed by atoms with Gasteiger partial charge in [-0.05, 0) is 17.7 Å². The van der Waals surface area contributed by atoms with E-state index in [1.807, 2.05) is 0 Å². The van der Waals surface area contributed by atoms with Crippen LogP contribution >= 0.6 is 11.6 Å². The fraction of sp³-hybridized carbons (Fsp3) is 0.222. The van der Waals surface area contributed by atoms with Crippen LogP contribution in [0.25, 0.3) is 0 Å². The predicted molar refractivity (Wildman–Crippen MR) is 56.0 cm³/mol. The molecule has 1 aromatic carbocycles. The average Bonchev–Trinajstić information content (AvgIpc) is 2.18. The number of benzene rings is 1. The molecule has 0 aliphatic heterocycles. The Kier molecular flexibility index (Phi) is 3.92. The van der Waals surface area contributed by atoms with Crippen molar-refractivity contribution in [1.82, 2.24) is 0 Å². The molecule has 0 aliphatic rings. The van der Waals surface area contributed by atoms with Crippen molar-refractivity contribution in [1.29, 1.82) is 0 Å². The number of carboxylic acids is 1. The predicted octanol–water partition coefficient (Wildman–Crippen LogP) is 2.26. The highest BCUT2D eigenvalue weighted by atomic mass is 35.5. The number of carboxylic acid groups (broad SMARTS) is 1. The van der Waals surface area contributed by atoms with Crippen LogP contribution in [0.5, 0.6) is 0 Å². The summed E-state index contributed by atoms with van der Waals surface area (Å²) >= 11 is 5.53. The van der Waals surface area contributed by atoms with Gasteiger partial charge >= 0.3 is 11.5 Å². The smallest absolute Gasteiger partial charge is 0.481 e. The Morgan fingerprint density at radius 3 is 2.28 bits per heavy atom. The van der Waals surface area contributed by atoms with Gasteiger partial charge in [-0.2, -0.15) is 13.2 Å². The number of alkyl halides is 3. The molecule has 0 saturated heterocycles. The molecule has 0 bridgehead atoms. The molecule has 4 nitrogen and oxygen atoms in total. The van der Waals surface area contributed by atoms with E-state index in [0.29, 0.717) is 12.1 Å². The van der Waals surface area contributed by atoms with E-state index >= 15 is 0 Å². The van der Waals surface area contributed by atoms with Crippen LogP contribution < -0.4 is 0 Å². The molecule has 0 spiro atoms. The molecule has 0 saturated carbocycles. The molecule has 0 amide bonds. The van der Waals surface area contributed by atoms with Gasteiger partial charge in [0.25, 0.3) is 9.84 Å². The average molecular weight is 303 g/mol. The topological polar surface area (TPSA) is 71.4 Å². The maximum atomic E-state index is 12.2. The molecular weight excluding hydrogens is 297 g/mol. The van der Waals surface area contributed by atoms with Crippen LogP contribution in [0, 0.1) is 0 Å². The Hall–Kier alpha value is -1.28. The standard InChI is InChI=1S/C9H6ClF3O4S/c10-7-4-6(18(16,17)9(11,12)13)2-1-5(7)3-8(14)15/h1-2,4H,3H2,(H,14,15). The van der Waals surface area contributed by atoms with E-state index in [0.717, 1.165) is 6.07 Å². The van der Waals surface area contributed by atoms with Crippen molar-refractivity contribution in [3.63, 3.8) is 0 Å². The summed E-state index contributed by atoms with van der Waals surface area (Å²) in [5.74, 6) is -1.23. The third-order valence-corrected chi connectivity index (χ3v) is 3.82. The molecular formula is C9H6ClF3O4S. The van der Waals surface area contributed by atoms with E-state index in [-0.39, 0.29) is 10.6 Å². The Bertz CT molecular complexity index is 580. The van der Waals surface area contributed by atoms with Crippen LogP contribution in [0.3, 0.4) is 0 Å². The lowest BCUT2D eigenvalue weighted by atomic mass is 10.1. The molecule has 0 fully saturated rings. The number of carbonyl (C=O) groups is 1. The number of sulfone groups is 1. The summed E-state index contributed by atoms with van der Waals surface area (Å²) in [5.41, 5.74) is -5.39. The normalized spacial score (nSPS) is 12.4. The highest BCUT2D eigenvalue weighted by Crippen LogP contribution is 2.32. The molecule has 0 heterocycles. The molecule has 0 atom stereocenters. The van der Waals surface area contributed by atoms with Gasteiger partial charge in [-0.3, -0.25) is 4.79 Å². The minimum absolute atomic E-state index is 0.0327. The van der Waals surface area contributed by atoms with Gasteiger partial charge in [0.1, 0.15) is 0 Å². The lowest BCUT2D eigenvalue weighted by Crippen LogP contribution is -2.23. The van der Waals surface area contributed by atoms with Gasteiger partial charge in [-0.1, -0.05) is 17.7 Å². The molecule has 1 aromatic rings. The quantitative estimate of drug-likeness (QED) is 0.929. The van der Waals surface area contributed by atoms with Crippen molar-refractivity contribution >= 4 is 27.4 Å². The van der Waals surface area contributed by atoms with Crippen LogP contribution in [0.2, 0.25) is 5.02 Å². The second-order valence-electron chi connectivity index (χ2n) is 3.27. The SMILES string of the molecule is O=C(O)Cc1ccc(S(=O)(=O)C(F)(F)F)cc1Cl. The van der Waals surface area contributed by atoms with E-state index in [1.54, 1.807) is 0 Å². The van der Waals surface area contributed by atoms with Crippen LogP contribution in [-0.2, 0) is 21.1 Å². The highest BCUT2D eigenvalue weighted by Gasteiger charge is 2.46. The molecule has 0 radical (unpaired) electrons. The Labute approximate surface area is 105 Å². The zero-order valence-corrected chi connectivity index (χ0v) is 10.1. The molecule has 1 N–H and O–H groups in total. The first-order valence-corrected chi connectivity index (χ1v) is 6.23. The van der Waals surface area contributed by atoms with Crippen molar-refractivity contribution in [2.45, 2.75) is 16.8 Å². The summed E-state index contributed by atoms with van der Waals surface area (Å²) < 4.78 is 58.8. The van der Waals surface area contributed by atoms with Crippen LogP contribution in [-0.4, -0.2) is 25.0 Å². The highest BCUT2D eigenvalue weighted by molar-refractivity contribution is 7.92. The third kappa shape index (κ3) is 2.94. The van der Waals surface area contributed by atoms with Gasteiger partial charge in [0.2, 0.25) is 0 Å². The van der Waals surface area contributed by atoms with Crippen molar-refractivity contribution < 1.29 is 31.5 Å².